The topological polar surface area (TPSA) is 110 Å². The molecule has 1 saturated heterocycles. The maximum Gasteiger partial charge on any atom is 0.253 e. The minimum Gasteiger partial charge on any atom is -0.378 e. The largest absolute Gasteiger partial charge is 0.378 e. The van der Waals surface area contributed by atoms with Gasteiger partial charge in [0.2, 0.25) is 5.91 Å². The van der Waals surface area contributed by atoms with E-state index in [2.05, 4.69) is 10.2 Å². The average molecular weight is 332 g/mol. The maximum absolute atomic E-state index is 11.7. The first kappa shape index (κ1) is 19.2. The molecular weight excluding hydrogens is 307 g/mol. The highest BCUT2D eigenvalue weighted by molar-refractivity contribution is 7.44. The van der Waals surface area contributed by atoms with Gasteiger partial charge >= 0.3 is 0 Å². The van der Waals surface area contributed by atoms with Crippen molar-refractivity contribution in [1.29, 1.82) is 5.26 Å². The number of likely N-dealkylation sites (N-methyl/N-ethyl adjacent to an activating group) is 1. The molecule has 8 nitrogen and oxygen atoms in total. The Morgan fingerprint density at radius 1 is 1.41 bits per heavy atom. The van der Waals surface area contributed by atoms with Gasteiger partial charge in [-0.1, -0.05) is 0 Å². The van der Waals surface area contributed by atoms with Crippen molar-refractivity contribution in [2.24, 2.45) is 5.50 Å². The number of hydrogen-bond donors (Lipinski definition) is 2. The van der Waals surface area contributed by atoms with Gasteiger partial charge in [-0.15, -0.1) is 0 Å². The zero-order chi connectivity index (χ0) is 16.2. The van der Waals surface area contributed by atoms with Crippen LogP contribution in [0.25, 0.3) is 0 Å². The molecule has 1 amide bonds. The summed E-state index contributed by atoms with van der Waals surface area (Å²) < 4.78 is 15.8. The van der Waals surface area contributed by atoms with Gasteiger partial charge in [-0.2, -0.15) is 5.26 Å². The molecule has 0 aromatic rings. The molecule has 9 heteroatoms. The molecule has 126 valence electrons. The molecule has 0 aromatic heterocycles. The summed E-state index contributed by atoms with van der Waals surface area (Å²) in [5.74, 6) is 0.0733. The van der Waals surface area contributed by atoms with Gasteiger partial charge < -0.3 is 19.1 Å². The van der Waals surface area contributed by atoms with Crippen molar-refractivity contribution < 1.29 is 18.6 Å². The van der Waals surface area contributed by atoms with Crippen molar-refractivity contribution in [3.8, 4) is 6.07 Å². The molecular formula is C13H25N4O4P. The molecule has 0 aliphatic carbocycles. The molecule has 1 unspecified atom stereocenters. The van der Waals surface area contributed by atoms with E-state index < -0.39 is 8.53 Å². The third-order valence-electron chi connectivity index (χ3n) is 3.31. The molecule has 1 rings (SSSR count). The monoisotopic (exact) mass is 332 g/mol. The molecule has 0 spiro atoms. The Bertz CT molecular complexity index is 366. The third-order valence-corrected chi connectivity index (χ3v) is 4.19. The fourth-order valence-electron chi connectivity index (χ4n) is 2.25. The Morgan fingerprint density at radius 3 is 2.91 bits per heavy atom. The Hall–Kier alpha value is -0.810. The van der Waals surface area contributed by atoms with E-state index in [1.54, 1.807) is 7.05 Å². The zero-order valence-electron chi connectivity index (χ0n) is 13.0. The van der Waals surface area contributed by atoms with E-state index in [-0.39, 0.29) is 18.6 Å². The maximum atomic E-state index is 11.7. The third kappa shape index (κ3) is 7.45. The predicted octanol–water partition coefficient (Wildman–Crippen LogP) is 0.346. The van der Waals surface area contributed by atoms with Crippen molar-refractivity contribution in [2.75, 3.05) is 46.6 Å². The van der Waals surface area contributed by atoms with Crippen molar-refractivity contribution in [3.63, 3.8) is 0 Å². The number of hydrogen-bond acceptors (Lipinski definition) is 7. The van der Waals surface area contributed by atoms with Crippen LogP contribution in [0.3, 0.4) is 0 Å². The lowest BCUT2D eigenvalue weighted by Crippen LogP contribution is -2.43. The van der Waals surface area contributed by atoms with Gasteiger partial charge in [-0.3, -0.25) is 15.2 Å². The minimum absolute atomic E-state index is 0.0322. The first-order valence-electron chi connectivity index (χ1n) is 7.40. The van der Waals surface area contributed by atoms with Crippen LogP contribution in [-0.2, 0) is 18.6 Å². The molecule has 1 aliphatic heterocycles. The second-order valence-corrected chi connectivity index (χ2v) is 5.87. The zero-order valence-corrected chi connectivity index (χ0v) is 13.9. The lowest BCUT2D eigenvalue weighted by atomic mass is 10.2. The molecule has 22 heavy (non-hydrogen) atoms. The van der Waals surface area contributed by atoms with Crippen LogP contribution in [0.1, 0.15) is 19.3 Å². The summed E-state index contributed by atoms with van der Waals surface area (Å²) in [6.45, 7) is 3.28. The molecule has 0 aromatic carbocycles. The van der Waals surface area contributed by atoms with E-state index in [1.165, 1.54) is 0 Å². The quantitative estimate of drug-likeness (QED) is 0.415. The number of amides is 1. The number of nitriles is 1. The molecule has 0 saturated carbocycles. The number of nitrogens with zero attached hydrogens (tertiary/aromatic N) is 2. The van der Waals surface area contributed by atoms with Crippen LogP contribution in [-0.4, -0.2) is 63.4 Å². The molecule has 3 N–H and O–H groups in total. The molecule has 1 fully saturated rings. The normalized spacial score (nSPS) is 19.8. The standard InChI is InChI=1S/C13H25N4O4P/c1-16-13(18)12-4-2-6-17(12)7-9-19-10-11-21-22(15)20-8-3-5-14/h12H,2-4,6-11,15H2,1H3,(H,16,18)/t12-,22?/m0/s1. The summed E-state index contributed by atoms with van der Waals surface area (Å²) in [5, 5.41) is 11.1. The number of nitrogens with one attached hydrogen (secondary N) is 1. The highest BCUT2D eigenvalue weighted by Crippen LogP contribution is 2.27. The van der Waals surface area contributed by atoms with Crippen LogP contribution in [0.5, 0.6) is 0 Å². The molecule has 0 bridgehead atoms. The summed E-state index contributed by atoms with van der Waals surface area (Å²) >= 11 is 0. The molecule has 1 aliphatic rings. The molecule has 0 radical (unpaired) electrons. The SMILES string of the molecule is CNC(=O)[C@@H]1CCCN1CCOCCOP(N)OCCC#N. The van der Waals surface area contributed by atoms with Gasteiger partial charge in [0.1, 0.15) is 0 Å². The second-order valence-electron chi connectivity index (χ2n) is 4.78. The minimum atomic E-state index is -1.43. The highest BCUT2D eigenvalue weighted by atomic mass is 31.2. The predicted molar refractivity (Wildman–Crippen MR) is 82.7 cm³/mol. The van der Waals surface area contributed by atoms with Crippen molar-refractivity contribution in [2.45, 2.75) is 25.3 Å². The van der Waals surface area contributed by atoms with Crippen LogP contribution in [0.2, 0.25) is 0 Å². The summed E-state index contributed by atoms with van der Waals surface area (Å²) in [4.78, 5) is 13.8. The fraction of sp³-hybridized carbons (Fsp3) is 0.846. The summed E-state index contributed by atoms with van der Waals surface area (Å²) in [7, 11) is 0.229. The van der Waals surface area contributed by atoms with E-state index in [0.717, 1.165) is 25.9 Å². The first-order valence-corrected chi connectivity index (χ1v) is 8.64. The fourth-order valence-corrected chi connectivity index (χ4v) is 2.85. The number of likely N-dealkylation sites (tertiary alicyclic amines) is 1. The van der Waals surface area contributed by atoms with Gasteiger partial charge in [-0.05, 0) is 19.4 Å². The van der Waals surface area contributed by atoms with Crippen molar-refractivity contribution in [3.05, 3.63) is 0 Å². The van der Waals surface area contributed by atoms with E-state index >= 15 is 0 Å². The van der Waals surface area contributed by atoms with Gasteiger partial charge in [0.05, 0.1) is 45.0 Å². The lowest BCUT2D eigenvalue weighted by Gasteiger charge is -2.22. The Morgan fingerprint density at radius 2 is 2.18 bits per heavy atom. The number of carbonyl (C=O) groups excluding carboxylic acids is 1. The van der Waals surface area contributed by atoms with Crippen LogP contribution < -0.4 is 10.8 Å². The van der Waals surface area contributed by atoms with E-state index in [4.69, 9.17) is 24.6 Å². The van der Waals surface area contributed by atoms with Crippen molar-refractivity contribution >= 4 is 14.4 Å². The van der Waals surface area contributed by atoms with Crippen LogP contribution >= 0.6 is 8.53 Å². The van der Waals surface area contributed by atoms with Gasteiger partial charge in [0.25, 0.3) is 8.53 Å². The van der Waals surface area contributed by atoms with E-state index in [0.29, 0.717) is 26.2 Å². The summed E-state index contributed by atoms with van der Waals surface area (Å²) in [6, 6.07) is 1.93. The van der Waals surface area contributed by atoms with Crippen LogP contribution in [0.4, 0.5) is 0 Å². The van der Waals surface area contributed by atoms with E-state index in [1.807, 2.05) is 6.07 Å². The average Bonchev–Trinajstić information content (AvgIpc) is 2.98. The Kier molecular flexibility index (Phi) is 10.2. The second kappa shape index (κ2) is 11.7. The molecule has 1 heterocycles. The lowest BCUT2D eigenvalue weighted by molar-refractivity contribution is -0.125. The number of ether oxygens (including phenoxy) is 1. The Balaban J connectivity index is 2.01. The van der Waals surface area contributed by atoms with Crippen LogP contribution in [0.15, 0.2) is 0 Å². The van der Waals surface area contributed by atoms with Gasteiger partial charge in [-0.25, -0.2) is 0 Å². The summed E-state index contributed by atoms with van der Waals surface area (Å²) in [6.07, 6.45) is 2.25. The number of rotatable bonds is 11. The number of carbonyl (C=O) groups is 1. The number of nitrogens with two attached hydrogens (primary N) is 1. The summed E-state index contributed by atoms with van der Waals surface area (Å²) in [5.41, 5.74) is 5.60. The van der Waals surface area contributed by atoms with Crippen LogP contribution in [0, 0.1) is 11.3 Å². The Labute approximate surface area is 132 Å². The first-order chi connectivity index (χ1) is 10.7. The highest BCUT2D eigenvalue weighted by Gasteiger charge is 2.29. The van der Waals surface area contributed by atoms with Crippen molar-refractivity contribution in [1.82, 2.24) is 10.2 Å². The van der Waals surface area contributed by atoms with E-state index in [9.17, 15) is 4.79 Å². The molecule has 2 atom stereocenters. The van der Waals surface area contributed by atoms with Gasteiger partial charge in [0, 0.05) is 13.6 Å². The smallest absolute Gasteiger partial charge is 0.253 e. The van der Waals surface area contributed by atoms with Gasteiger partial charge in [0.15, 0.2) is 0 Å².